The van der Waals surface area contributed by atoms with Gasteiger partial charge in [-0.15, -0.1) is 0 Å². The van der Waals surface area contributed by atoms with Gasteiger partial charge >= 0.3 is 0 Å². The van der Waals surface area contributed by atoms with Crippen LogP contribution < -0.4 is 5.32 Å². The molecule has 0 spiro atoms. The van der Waals surface area contributed by atoms with Crippen molar-refractivity contribution in [3.63, 3.8) is 0 Å². The highest BCUT2D eigenvalue weighted by Crippen LogP contribution is 2.21. The molecule has 104 valence electrons. The lowest BCUT2D eigenvalue weighted by atomic mass is 10.3. The molecular formula is C14H14ClFN4. The molecule has 0 aliphatic rings. The van der Waals surface area contributed by atoms with Crippen molar-refractivity contribution in [1.29, 1.82) is 0 Å². The van der Waals surface area contributed by atoms with E-state index >= 15 is 0 Å². The summed E-state index contributed by atoms with van der Waals surface area (Å²) in [5.41, 5.74) is 1.63. The van der Waals surface area contributed by atoms with E-state index in [2.05, 4.69) is 21.9 Å². The first-order chi connectivity index (χ1) is 9.47. The first-order valence-corrected chi connectivity index (χ1v) is 6.29. The molecule has 0 aromatic carbocycles. The van der Waals surface area contributed by atoms with Crippen molar-refractivity contribution in [2.24, 2.45) is 12.0 Å². The van der Waals surface area contributed by atoms with E-state index in [1.165, 1.54) is 6.07 Å². The van der Waals surface area contributed by atoms with Gasteiger partial charge in [-0.1, -0.05) is 18.2 Å². The van der Waals surface area contributed by atoms with Crippen LogP contribution in [0, 0.1) is 5.82 Å². The molecular weight excluding hydrogens is 279 g/mol. The molecule has 0 radical (unpaired) electrons. The number of hydrogen-bond donors (Lipinski definition) is 1. The highest BCUT2D eigenvalue weighted by molar-refractivity contribution is 6.29. The third-order valence-electron chi connectivity index (χ3n) is 2.55. The van der Waals surface area contributed by atoms with Gasteiger partial charge in [0.05, 0.1) is 11.9 Å². The summed E-state index contributed by atoms with van der Waals surface area (Å²) in [4.78, 5) is 7.95. The first kappa shape index (κ1) is 14.3. The summed E-state index contributed by atoms with van der Waals surface area (Å²) in [6.07, 6.45) is 2.92. The number of aliphatic imine (C=N–C) groups is 1. The van der Waals surface area contributed by atoms with Gasteiger partial charge < -0.3 is 9.88 Å². The SMILES string of the molecule is C=C(C)NC(=Nc1cc(Cl)ncc1F)c1cccn1C. The number of halogens is 2. The molecule has 4 nitrogen and oxygen atoms in total. The molecule has 0 saturated carbocycles. The van der Waals surface area contributed by atoms with E-state index in [0.29, 0.717) is 11.5 Å². The lowest BCUT2D eigenvalue weighted by Crippen LogP contribution is -2.24. The average Bonchev–Trinajstić information content (AvgIpc) is 2.78. The van der Waals surface area contributed by atoms with Gasteiger partial charge in [0.2, 0.25) is 0 Å². The van der Waals surface area contributed by atoms with Crippen LogP contribution in [0.4, 0.5) is 10.1 Å². The van der Waals surface area contributed by atoms with E-state index in [-0.39, 0.29) is 10.8 Å². The summed E-state index contributed by atoms with van der Waals surface area (Å²) in [6, 6.07) is 5.12. The zero-order valence-electron chi connectivity index (χ0n) is 11.2. The maximum atomic E-state index is 13.7. The minimum absolute atomic E-state index is 0.120. The van der Waals surface area contributed by atoms with E-state index < -0.39 is 5.82 Å². The van der Waals surface area contributed by atoms with E-state index in [4.69, 9.17) is 11.6 Å². The number of nitrogens with zero attached hydrogens (tertiary/aromatic N) is 3. The quantitative estimate of drug-likeness (QED) is 0.535. The molecule has 0 bridgehead atoms. The van der Waals surface area contributed by atoms with Crippen molar-refractivity contribution in [2.75, 3.05) is 0 Å². The van der Waals surface area contributed by atoms with Gasteiger partial charge in [-0.25, -0.2) is 14.4 Å². The first-order valence-electron chi connectivity index (χ1n) is 5.91. The van der Waals surface area contributed by atoms with Crippen LogP contribution >= 0.6 is 11.6 Å². The van der Waals surface area contributed by atoms with Crippen molar-refractivity contribution < 1.29 is 4.39 Å². The molecule has 2 aromatic rings. The van der Waals surface area contributed by atoms with Gasteiger partial charge in [-0.2, -0.15) is 0 Å². The molecule has 0 unspecified atom stereocenters. The number of amidine groups is 1. The van der Waals surface area contributed by atoms with Crippen LogP contribution in [0.1, 0.15) is 12.6 Å². The molecule has 0 atom stereocenters. The molecule has 0 aliphatic heterocycles. The standard InChI is InChI=1S/C14H14ClFN4/c1-9(2)18-14(12-5-4-6-20(12)3)19-11-7-13(15)17-8-10(11)16/h4-8H,1H2,2-3H3,(H,17,18,19). The smallest absolute Gasteiger partial charge is 0.167 e. The molecule has 20 heavy (non-hydrogen) atoms. The van der Waals surface area contributed by atoms with Crippen molar-refractivity contribution >= 4 is 23.1 Å². The zero-order valence-corrected chi connectivity index (χ0v) is 11.9. The Labute approximate surface area is 121 Å². The molecule has 2 heterocycles. The van der Waals surface area contributed by atoms with Crippen LogP contribution in [-0.2, 0) is 7.05 Å². The topological polar surface area (TPSA) is 42.2 Å². The average molecular weight is 293 g/mol. The van der Waals surface area contributed by atoms with Gasteiger partial charge in [0.1, 0.15) is 10.8 Å². The molecule has 6 heteroatoms. The van der Waals surface area contributed by atoms with Crippen LogP contribution in [0.3, 0.4) is 0 Å². The van der Waals surface area contributed by atoms with E-state index in [9.17, 15) is 4.39 Å². The fraction of sp³-hybridized carbons (Fsp3) is 0.143. The number of aromatic nitrogens is 2. The van der Waals surface area contributed by atoms with Crippen molar-refractivity contribution in [1.82, 2.24) is 14.9 Å². The van der Waals surface area contributed by atoms with Crippen molar-refractivity contribution in [2.45, 2.75) is 6.92 Å². The Kier molecular flexibility index (Phi) is 4.20. The maximum Gasteiger partial charge on any atom is 0.167 e. The lowest BCUT2D eigenvalue weighted by Gasteiger charge is -2.11. The third kappa shape index (κ3) is 3.24. The van der Waals surface area contributed by atoms with Crippen LogP contribution in [0.15, 0.2) is 47.9 Å². The van der Waals surface area contributed by atoms with Crippen LogP contribution in [-0.4, -0.2) is 15.4 Å². The van der Waals surface area contributed by atoms with E-state index in [1.54, 1.807) is 6.92 Å². The van der Waals surface area contributed by atoms with Gasteiger partial charge in [0.15, 0.2) is 11.7 Å². The Morgan fingerprint density at radius 1 is 1.55 bits per heavy atom. The molecule has 0 saturated heterocycles. The number of aryl methyl sites for hydroxylation is 1. The van der Waals surface area contributed by atoms with Crippen LogP contribution in [0.25, 0.3) is 0 Å². The van der Waals surface area contributed by atoms with Gasteiger partial charge in [-0.3, -0.25) is 0 Å². The molecule has 0 amide bonds. The van der Waals surface area contributed by atoms with Crippen molar-refractivity contribution in [3.05, 3.63) is 59.5 Å². The van der Waals surface area contributed by atoms with Crippen LogP contribution in [0.2, 0.25) is 5.15 Å². The second kappa shape index (κ2) is 5.88. The Balaban J connectivity index is 2.51. The summed E-state index contributed by atoms with van der Waals surface area (Å²) < 4.78 is 15.6. The van der Waals surface area contributed by atoms with Gasteiger partial charge in [0.25, 0.3) is 0 Å². The molecule has 1 N–H and O–H groups in total. The number of hydrogen-bond acceptors (Lipinski definition) is 2. The second-order valence-electron chi connectivity index (χ2n) is 4.33. The van der Waals surface area contributed by atoms with E-state index in [1.807, 2.05) is 29.9 Å². The second-order valence-corrected chi connectivity index (χ2v) is 4.72. The minimum atomic E-state index is -0.537. The molecule has 2 aromatic heterocycles. The van der Waals surface area contributed by atoms with E-state index in [0.717, 1.165) is 11.9 Å². The molecule has 0 aliphatic carbocycles. The monoisotopic (exact) mass is 292 g/mol. The predicted molar refractivity (Wildman–Crippen MR) is 78.8 cm³/mol. The lowest BCUT2D eigenvalue weighted by molar-refractivity contribution is 0.623. The number of pyridine rings is 1. The molecule has 0 fully saturated rings. The molecule has 2 rings (SSSR count). The zero-order chi connectivity index (χ0) is 14.7. The highest BCUT2D eigenvalue weighted by Gasteiger charge is 2.10. The summed E-state index contributed by atoms with van der Waals surface area (Å²) in [5.74, 6) is -0.0456. The largest absolute Gasteiger partial charge is 0.348 e. The van der Waals surface area contributed by atoms with Gasteiger partial charge in [-0.05, 0) is 19.1 Å². The summed E-state index contributed by atoms with van der Waals surface area (Å²) in [7, 11) is 1.88. The van der Waals surface area contributed by atoms with Gasteiger partial charge in [0, 0.05) is 25.0 Å². The maximum absolute atomic E-state index is 13.7. The van der Waals surface area contributed by atoms with Crippen molar-refractivity contribution in [3.8, 4) is 0 Å². The normalized spacial score (nSPS) is 11.5. The summed E-state index contributed by atoms with van der Waals surface area (Å²) >= 11 is 5.77. The Hall–Kier alpha value is -2.14. The number of nitrogens with one attached hydrogen (secondary N) is 1. The number of rotatable bonds is 3. The third-order valence-corrected chi connectivity index (χ3v) is 2.76. The summed E-state index contributed by atoms with van der Waals surface area (Å²) in [5, 5.41) is 3.21. The predicted octanol–water partition coefficient (Wildman–Crippen LogP) is 3.41. The fourth-order valence-corrected chi connectivity index (χ4v) is 1.82. The Bertz CT molecular complexity index is 676. The fourth-order valence-electron chi connectivity index (χ4n) is 1.67. The Morgan fingerprint density at radius 2 is 2.30 bits per heavy atom. The Morgan fingerprint density at radius 3 is 2.90 bits per heavy atom. The minimum Gasteiger partial charge on any atom is -0.348 e. The number of allylic oxidation sites excluding steroid dienone is 1. The van der Waals surface area contributed by atoms with Crippen LogP contribution in [0.5, 0.6) is 0 Å². The highest BCUT2D eigenvalue weighted by atomic mass is 35.5. The summed E-state index contributed by atoms with van der Waals surface area (Å²) in [6.45, 7) is 5.58.